The summed E-state index contributed by atoms with van der Waals surface area (Å²) in [6, 6.07) is 10.6. The Morgan fingerprint density at radius 3 is 2.94 bits per heavy atom. The van der Waals surface area contributed by atoms with Crippen LogP contribution in [0.2, 0.25) is 0 Å². The molecule has 0 aliphatic heterocycles. The minimum absolute atomic E-state index is 0.716. The molecule has 3 aromatic rings. The number of aromatic nitrogens is 2. The normalized spacial score (nSPS) is 11.4. The van der Waals surface area contributed by atoms with Gasteiger partial charge in [-0.1, -0.05) is 18.2 Å². The number of nitrogens with zero attached hydrogens (tertiary/aromatic N) is 2. The van der Waals surface area contributed by atoms with Gasteiger partial charge in [-0.2, -0.15) is 0 Å². The molecule has 2 heterocycles. The third-order valence-corrected chi connectivity index (χ3v) is 3.35. The lowest BCUT2D eigenvalue weighted by Gasteiger charge is -2.04. The minimum atomic E-state index is 0.716. The van der Waals surface area contributed by atoms with Gasteiger partial charge in [0.25, 0.3) is 0 Å². The summed E-state index contributed by atoms with van der Waals surface area (Å²) >= 11 is 0. The zero-order valence-electron chi connectivity index (χ0n) is 10.6. The van der Waals surface area contributed by atoms with Crippen molar-refractivity contribution in [3.05, 3.63) is 47.8 Å². The van der Waals surface area contributed by atoms with Gasteiger partial charge in [0, 0.05) is 11.6 Å². The Labute approximate surface area is 106 Å². The van der Waals surface area contributed by atoms with Crippen LogP contribution in [0.4, 0.5) is 0 Å². The number of aryl methyl sites for hydroxylation is 2. The number of fused-ring (bicyclic) bond motifs is 3. The molecule has 0 bridgehead atoms. The number of rotatable bonds is 3. The second kappa shape index (κ2) is 4.42. The van der Waals surface area contributed by atoms with Crippen LogP contribution in [0.15, 0.2) is 36.5 Å². The van der Waals surface area contributed by atoms with E-state index in [9.17, 15) is 0 Å². The molecule has 0 spiro atoms. The van der Waals surface area contributed by atoms with E-state index >= 15 is 0 Å². The van der Waals surface area contributed by atoms with Crippen molar-refractivity contribution >= 4 is 16.6 Å². The quantitative estimate of drug-likeness (QED) is 0.763. The second-order valence-corrected chi connectivity index (χ2v) is 4.70. The first-order valence-corrected chi connectivity index (χ1v) is 6.36. The average Bonchev–Trinajstić information content (AvgIpc) is 2.80. The number of nitrogens with two attached hydrogens (primary N) is 1. The van der Waals surface area contributed by atoms with Crippen molar-refractivity contribution in [3.8, 4) is 0 Å². The van der Waals surface area contributed by atoms with Gasteiger partial charge in [-0.05, 0) is 44.0 Å². The lowest BCUT2D eigenvalue weighted by atomic mass is 10.1. The van der Waals surface area contributed by atoms with Crippen LogP contribution in [0.25, 0.3) is 16.6 Å². The van der Waals surface area contributed by atoms with Crippen LogP contribution in [0.5, 0.6) is 0 Å². The first-order valence-electron chi connectivity index (χ1n) is 6.36. The third kappa shape index (κ3) is 1.77. The highest BCUT2D eigenvalue weighted by atomic mass is 15.0. The van der Waals surface area contributed by atoms with Crippen molar-refractivity contribution < 1.29 is 0 Å². The smallest absolute Gasteiger partial charge is 0.137 e. The molecule has 0 fully saturated rings. The summed E-state index contributed by atoms with van der Waals surface area (Å²) in [7, 11) is 0. The van der Waals surface area contributed by atoms with Crippen LogP contribution in [0, 0.1) is 6.92 Å². The molecule has 0 atom stereocenters. The SMILES string of the molecule is Cc1cc2nc(CCCN)cn2c2ccccc12. The van der Waals surface area contributed by atoms with Gasteiger partial charge in [0.2, 0.25) is 0 Å². The van der Waals surface area contributed by atoms with Gasteiger partial charge in [-0.15, -0.1) is 0 Å². The van der Waals surface area contributed by atoms with E-state index in [1.165, 1.54) is 16.5 Å². The van der Waals surface area contributed by atoms with E-state index in [1.54, 1.807) is 0 Å². The summed E-state index contributed by atoms with van der Waals surface area (Å²) in [5.41, 5.74) is 10.2. The number of hydrogen-bond acceptors (Lipinski definition) is 2. The van der Waals surface area contributed by atoms with Crippen LogP contribution < -0.4 is 5.73 Å². The maximum atomic E-state index is 5.55. The van der Waals surface area contributed by atoms with Crippen LogP contribution in [0.1, 0.15) is 17.7 Å². The molecule has 0 unspecified atom stereocenters. The van der Waals surface area contributed by atoms with E-state index in [2.05, 4.69) is 52.8 Å². The van der Waals surface area contributed by atoms with Crippen molar-refractivity contribution in [3.63, 3.8) is 0 Å². The summed E-state index contributed by atoms with van der Waals surface area (Å²) in [6.07, 6.45) is 4.07. The molecule has 0 radical (unpaired) electrons. The molecule has 18 heavy (non-hydrogen) atoms. The number of imidazole rings is 1. The molecule has 0 aliphatic rings. The van der Waals surface area contributed by atoms with Crippen molar-refractivity contribution in [1.29, 1.82) is 0 Å². The van der Waals surface area contributed by atoms with Crippen molar-refractivity contribution in [2.75, 3.05) is 6.54 Å². The van der Waals surface area contributed by atoms with E-state index in [0.717, 1.165) is 24.2 Å². The molecule has 3 heteroatoms. The fraction of sp³-hybridized carbons (Fsp3) is 0.267. The topological polar surface area (TPSA) is 43.3 Å². The first-order chi connectivity index (χ1) is 8.79. The second-order valence-electron chi connectivity index (χ2n) is 4.70. The fourth-order valence-electron chi connectivity index (χ4n) is 2.43. The van der Waals surface area contributed by atoms with Gasteiger partial charge in [0.1, 0.15) is 5.65 Å². The van der Waals surface area contributed by atoms with E-state index in [1.807, 2.05) is 0 Å². The highest BCUT2D eigenvalue weighted by Gasteiger charge is 2.06. The van der Waals surface area contributed by atoms with Crippen molar-refractivity contribution in [1.82, 2.24) is 9.38 Å². The number of pyridine rings is 1. The highest BCUT2D eigenvalue weighted by Crippen LogP contribution is 2.21. The Morgan fingerprint density at radius 1 is 1.28 bits per heavy atom. The van der Waals surface area contributed by atoms with Gasteiger partial charge < -0.3 is 5.73 Å². The van der Waals surface area contributed by atoms with Gasteiger partial charge in [-0.25, -0.2) is 4.98 Å². The Hall–Kier alpha value is -1.87. The van der Waals surface area contributed by atoms with E-state index in [4.69, 9.17) is 5.73 Å². The van der Waals surface area contributed by atoms with Crippen LogP contribution in [-0.2, 0) is 6.42 Å². The summed E-state index contributed by atoms with van der Waals surface area (Å²) in [5, 5.41) is 1.28. The van der Waals surface area contributed by atoms with Crippen molar-refractivity contribution in [2.45, 2.75) is 19.8 Å². The molecule has 0 saturated carbocycles. The van der Waals surface area contributed by atoms with Gasteiger partial charge >= 0.3 is 0 Å². The monoisotopic (exact) mass is 239 g/mol. The predicted octanol–water partition coefficient (Wildman–Crippen LogP) is 2.69. The Balaban J connectivity index is 2.23. The van der Waals surface area contributed by atoms with Gasteiger partial charge in [0.05, 0.1) is 11.2 Å². The Bertz CT molecular complexity index is 697. The van der Waals surface area contributed by atoms with E-state index in [0.29, 0.717) is 6.54 Å². The molecular weight excluding hydrogens is 222 g/mol. The van der Waals surface area contributed by atoms with E-state index in [-0.39, 0.29) is 0 Å². The fourth-order valence-corrected chi connectivity index (χ4v) is 2.43. The van der Waals surface area contributed by atoms with Gasteiger partial charge in [-0.3, -0.25) is 4.40 Å². The van der Waals surface area contributed by atoms with Gasteiger partial charge in [0.15, 0.2) is 0 Å². The molecule has 92 valence electrons. The lowest BCUT2D eigenvalue weighted by molar-refractivity contribution is 0.816. The molecule has 1 aromatic carbocycles. The predicted molar refractivity (Wildman–Crippen MR) is 74.8 cm³/mol. The van der Waals surface area contributed by atoms with Crippen LogP contribution in [0.3, 0.4) is 0 Å². The van der Waals surface area contributed by atoms with Crippen LogP contribution >= 0.6 is 0 Å². The minimum Gasteiger partial charge on any atom is -0.330 e. The molecular formula is C15H17N3. The zero-order chi connectivity index (χ0) is 12.5. The summed E-state index contributed by atoms with van der Waals surface area (Å²) < 4.78 is 2.17. The molecule has 3 rings (SSSR count). The maximum absolute atomic E-state index is 5.55. The summed E-state index contributed by atoms with van der Waals surface area (Å²) in [6.45, 7) is 2.85. The number of para-hydroxylation sites is 1. The largest absolute Gasteiger partial charge is 0.330 e. The standard InChI is InChI=1S/C15H17N3/c1-11-9-15-17-12(5-4-8-16)10-18(15)14-7-3-2-6-13(11)14/h2-3,6-7,9-10H,4-5,8,16H2,1H3. The summed E-state index contributed by atoms with van der Waals surface area (Å²) in [5.74, 6) is 0. The maximum Gasteiger partial charge on any atom is 0.137 e. The molecule has 0 aliphatic carbocycles. The van der Waals surface area contributed by atoms with Crippen molar-refractivity contribution in [2.24, 2.45) is 5.73 Å². The molecule has 2 aromatic heterocycles. The molecule has 0 saturated heterocycles. The molecule has 2 N–H and O–H groups in total. The van der Waals surface area contributed by atoms with Crippen LogP contribution in [-0.4, -0.2) is 15.9 Å². The number of benzene rings is 1. The molecule has 0 amide bonds. The third-order valence-electron chi connectivity index (χ3n) is 3.35. The highest BCUT2D eigenvalue weighted by molar-refractivity contribution is 5.85. The number of hydrogen-bond donors (Lipinski definition) is 1. The average molecular weight is 239 g/mol. The summed E-state index contributed by atoms with van der Waals surface area (Å²) in [4.78, 5) is 4.67. The Morgan fingerprint density at radius 2 is 2.11 bits per heavy atom. The van der Waals surface area contributed by atoms with E-state index < -0.39 is 0 Å². The zero-order valence-corrected chi connectivity index (χ0v) is 10.6. The molecule has 3 nitrogen and oxygen atoms in total. The lowest BCUT2D eigenvalue weighted by Crippen LogP contribution is -2.00. The Kier molecular flexibility index (Phi) is 2.76. The first kappa shape index (κ1) is 11.2.